The molecule has 5 heteroatoms. The Hall–Kier alpha value is -1.03. The van der Waals surface area contributed by atoms with Crippen molar-refractivity contribution in [3.63, 3.8) is 0 Å². The average Bonchev–Trinajstić information content (AvgIpc) is 2.48. The predicted octanol–water partition coefficient (Wildman–Crippen LogP) is 2.41. The third kappa shape index (κ3) is 3.03. The van der Waals surface area contributed by atoms with E-state index in [4.69, 9.17) is 16.3 Å². The number of hydrogen-bond donors (Lipinski definition) is 0. The first-order valence-corrected chi connectivity index (χ1v) is 4.79. The second kappa shape index (κ2) is 4.00. The third-order valence-electron chi connectivity index (χ3n) is 1.37. The molecule has 78 valence electrons. The molecule has 0 aliphatic rings. The zero-order chi connectivity index (χ0) is 10.8. The number of nitrogens with zero attached hydrogens (tertiary/aromatic N) is 2. The highest BCUT2D eigenvalue weighted by Gasteiger charge is 2.18. The first kappa shape index (κ1) is 11.0. The number of aromatic nitrogens is 2. The molecule has 0 radical (unpaired) electrons. The molecule has 1 rings (SSSR count). The van der Waals surface area contributed by atoms with Crippen LogP contribution in [0.25, 0.3) is 0 Å². The van der Waals surface area contributed by atoms with Gasteiger partial charge in [-0.05, 0) is 20.8 Å². The van der Waals surface area contributed by atoms with Gasteiger partial charge >= 0.3 is 6.09 Å². The van der Waals surface area contributed by atoms with Crippen molar-refractivity contribution in [2.75, 3.05) is 0 Å². The molecule has 0 bridgehead atoms. The monoisotopic (exact) mass is 216 g/mol. The van der Waals surface area contributed by atoms with Gasteiger partial charge in [0.1, 0.15) is 5.60 Å². The number of alkyl halides is 1. The van der Waals surface area contributed by atoms with Gasteiger partial charge in [-0.3, -0.25) is 0 Å². The lowest BCUT2D eigenvalue weighted by Gasteiger charge is -2.18. The van der Waals surface area contributed by atoms with Crippen molar-refractivity contribution in [3.8, 4) is 0 Å². The number of carbonyl (C=O) groups is 1. The number of ether oxygens (including phenoxy) is 1. The second-order valence-corrected chi connectivity index (χ2v) is 4.17. The van der Waals surface area contributed by atoms with E-state index in [-0.39, 0.29) is 0 Å². The Morgan fingerprint density at radius 1 is 1.64 bits per heavy atom. The number of rotatable bonds is 1. The Balaban J connectivity index is 2.70. The summed E-state index contributed by atoms with van der Waals surface area (Å²) in [6.07, 6.45) is 2.60. The number of carbonyl (C=O) groups excluding carboxylic acids is 1. The maximum Gasteiger partial charge on any atom is 0.435 e. The highest BCUT2D eigenvalue weighted by atomic mass is 35.5. The van der Waals surface area contributed by atoms with Crippen LogP contribution >= 0.6 is 11.6 Å². The summed E-state index contributed by atoms with van der Waals surface area (Å²) in [6, 6.07) is 0. The summed E-state index contributed by atoms with van der Waals surface area (Å²) in [5, 5.41) is 3.83. The molecule has 0 amide bonds. The molecule has 0 saturated carbocycles. The molecule has 0 fully saturated rings. The van der Waals surface area contributed by atoms with E-state index in [9.17, 15) is 4.79 Å². The molecule has 0 spiro atoms. The zero-order valence-corrected chi connectivity index (χ0v) is 9.21. The fraction of sp³-hybridized carbons (Fsp3) is 0.556. The molecule has 1 heterocycles. The van der Waals surface area contributed by atoms with Gasteiger partial charge in [-0.25, -0.2) is 4.79 Å². The standard InChI is InChI=1S/C9H13ClN2O2/c1-9(2,3)14-8(13)12-6-7(4-10)5-11-12/h5-6H,4H2,1-3H3. The summed E-state index contributed by atoms with van der Waals surface area (Å²) < 4.78 is 6.24. The summed E-state index contributed by atoms with van der Waals surface area (Å²) in [5.74, 6) is 0.336. The molecule has 0 atom stereocenters. The van der Waals surface area contributed by atoms with Crippen molar-refractivity contribution in [3.05, 3.63) is 18.0 Å². The van der Waals surface area contributed by atoms with E-state index in [1.807, 2.05) is 0 Å². The Morgan fingerprint density at radius 2 is 2.29 bits per heavy atom. The maximum atomic E-state index is 11.4. The normalized spacial score (nSPS) is 11.4. The van der Waals surface area contributed by atoms with Crippen molar-refractivity contribution in [2.45, 2.75) is 32.3 Å². The Labute approximate surface area is 87.8 Å². The highest BCUT2D eigenvalue weighted by Crippen LogP contribution is 2.09. The molecule has 0 unspecified atom stereocenters. The summed E-state index contributed by atoms with van der Waals surface area (Å²) in [4.78, 5) is 11.4. The second-order valence-electron chi connectivity index (χ2n) is 3.91. The van der Waals surface area contributed by atoms with E-state index in [1.165, 1.54) is 6.20 Å². The van der Waals surface area contributed by atoms with Crippen molar-refractivity contribution >= 4 is 17.7 Å². The molecule has 0 aliphatic carbocycles. The Bertz CT molecular complexity index is 328. The van der Waals surface area contributed by atoms with Crippen molar-refractivity contribution < 1.29 is 9.53 Å². The molecule has 1 aromatic rings. The quantitative estimate of drug-likeness (QED) is 0.678. The van der Waals surface area contributed by atoms with Crippen LogP contribution in [0.3, 0.4) is 0 Å². The smallest absolute Gasteiger partial charge is 0.435 e. The van der Waals surface area contributed by atoms with Gasteiger partial charge < -0.3 is 4.74 Å². The molecule has 4 nitrogen and oxygen atoms in total. The van der Waals surface area contributed by atoms with Gasteiger partial charge in [0.15, 0.2) is 0 Å². The van der Waals surface area contributed by atoms with Gasteiger partial charge in [0.2, 0.25) is 0 Å². The largest absolute Gasteiger partial charge is 0.442 e. The lowest BCUT2D eigenvalue weighted by atomic mass is 10.2. The topological polar surface area (TPSA) is 44.1 Å². The van der Waals surface area contributed by atoms with Crippen LogP contribution in [0.5, 0.6) is 0 Å². The van der Waals surface area contributed by atoms with Crippen molar-refractivity contribution in [1.29, 1.82) is 0 Å². The molecule has 0 N–H and O–H groups in total. The van der Waals surface area contributed by atoms with E-state index in [2.05, 4.69) is 5.10 Å². The van der Waals surface area contributed by atoms with Crippen LogP contribution in [0.1, 0.15) is 26.3 Å². The fourth-order valence-electron chi connectivity index (χ4n) is 0.838. The summed E-state index contributed by atoms with van der Waals surface area (Å²) in [6.45, 7) is 5.41. The van der Waals surface area contributed by atoms with E-state index in [0.717, 1.165) is 10.2 Å². The number of hydrogen-bond acceptors (Lipinski definition) is 3. The van der Waals surface area contributed by atoms with Crippen LogP contribution in [0.15, 0.2) is 12.4 Å². The highest BCUT2D eigenvalue weighted by molar-refractivity contribution is 6.17. The minimum absolute atomic E-state index is 0.336. The van der Waals surface area contributed by atoms with E-state index >= 15 is 0 Å². The first-order valence-electron chi connectivity index (χ1n) is 4.25. The Morgan fingerprint density at radius 3 is 2.71 bits per heavy atom. The SMILES string of the molecule is CC(C)(C)OC(=O)n1cc(CCl)cn1. The van der Waals surface area contributed by atoms with Crippen LogP contribution in [-0.4, -0.2) is 21.5 Å². The van der Waals surface area contributed by atoms with E-state index in [1.54, 1.807) is 27.0 Å². The summed E-state index contributed by atoms with van der Waals surface area (Å²) >= 11 is 5.57. The summed E-state index contributed by atoms with van der Waals surface area (Å²) in [7, 11) is 0. The zero-order valence-electron chi connectivity index (χ0n) is 8.45. The van der Waals surface area contributed by atoms with Crippen molar-refractivity contribution in [2.24, 2.45) is 0 Å². The van der Waals surface area contributed by atoms with Gasteiger partial charge in [0, 0.05) is 11.8 Å². The number of halogens is 1. The van der Waals surface area contributed by atoms with Crippen LogP contribution in [-0.2, 0) is 10.6 Å². The molecule has 1 aromatic heterocycles. The van der Waals surface area contributed by atoms with Gasteiger partial charge in [0.05, 0.1) is 12.1 Å². The van der Waals surface area contributed by atoms with Crippen LogP contribution < -0.4 is 0 Å². The van der Waals surface area contributed by atoms with E-state index in [0.29, 0.717) is 5.88 Å². The van der Waals surface area contributed by atoms with Gasteiger partial charge in [-0.15, -0.1) is 11.6 Å². The Kier molecular flexibility index (Phi) is 3.16. The van der Waals surface area contributed by atoms with E-state index < -0.39 is 11.7 Å². The average molecular weight is 217 g/mol. The lowest BCUT2D eigenvalue weighted by molar-refractivity contribution is 0.0514. The van der Waals surface area contributed by atoms with Gasteiger partial charge in [-0.1, -0.05) is 0 Å². The predicted molar refractivity (Wildman–Crippen MR) is 53.4 cm³/mol. The minimum atomic E-state index is -0.510. The molecule has 14 heavy (non-hydrogen) atoms. The first-order chi connectivity index (χ1) is 6.42. The molecular weight excluding hydrogens is 204 g/mol. The lowest BCUT2D eigenvalue weighted by Crippen LogP contribution is -2.27. The van der Waals surface area contributed by atoms with Crippen molar-refractivity contribution in [1.82, 2.24) is 9.78 Å². The molecule has 0 saturated heterocycles. The van der Waals surface area contributed by atoms with Gasteiger partial charge in [0.25, 0.3) is 0 Å². The maximum absolute atomic E-state index is 11.4. The fourth-order valence-corrected chi connectivity index (χ4v) is 0.976. The molecule has 0 aromatic carbocycles. The van der Waals surface area contributed by atoms with Crippen LogP contribution in [0.2, 0.25) is 0 Å². The van der Waals surface area contributed by atoms with Gasteiger partial charge in [-0.2, -0.15) is 9.78 Å². The van der Waals surface area contributed by atoms with Crippen LogP contribution in [0.4, 0.5) is 4.79 Å². The van der Waals surface area contributed by atoms with Crippen LogP contribution in [0, 0.1) is 0 Å². The molecular formula is C9H13ClN2O2. The summed E-state index contributed by atoms with van der Waals surface area (Å²) in [5.41, 5.74) is 0.280. The molecule has 0 aliphatic heterocycles. The minimum Gasteiger partial charge on any atom is -0.442 e. The third-order valence-corrected chi connectivity index (χ3v) is 1.68.